The van der Waals surface area contributed by atoms with Crippen LogP contribution in [-0.2, 0) is 10.2 Å². The van der Waals surface area contributed by atoms with Gasteiger partial charge in [-0.1, -0.05) is 45.0 Å². The first-order valence-electron chi connectivity index (χ1n) is 6.29. The fourth-order valence-electron chi connectivity index (χ4n) is 2.24. The highest BCUT2D eigenvalue weighted by molar-refractivity contribution is 5.84. The normalized spacial score (nSPS) is 19.3. The van der Waals surface area contributed by atoms with Gasteiger partial charge in [0.25, 0.3) is 0 Å². The van der Waals surface area contributed by atoms with Gasteiger partial charge in [-0.25, -0.2) is 0 Å². The van der Waals surface area contributed by atoms with E-state index >= 15 is 0 Å². The summed E-state index contributed by atoms with van der Waals surface area (Å²) in [6.45, 7) is 5.93. The largest absolute Gasteiger partial charge is 0.481 e. The molecule has 3 nitrogen and oxygen atoms in total. The summed E-state index contributed by atoms with van der Waals surface area (Å²) in [5.74, 6) is -0.744. The van der Waals surface area contributed by atoms with Crippen molar-refractivity contribution in [2.45, 2.75) is 45.1 Å². The van der Waals surface area contributed by atoms with Gasteiger partial charge in [0.2, 0.25) is 0 Å². The van der Waals surface area contributed by atoms with E-state index in [0.717, 1.165) is 11.1 Å². The molecule has 0 spiro atoms. The van der Waals surface area contributed by atoms with Gasteiger partial charge in [-0.2, -0.15) is 0 Å². The van der Waals surface area contributed by atoms with E-state index in [2.05, 4.69) is 0 Å². The van der Waals surface area contributed by atoms with Gasteiger partial charge in [0.05, 0.1) is 11.5 Å². The minimum Gasteiger partial charge on any atom is -0.481 e. The van der Waals surface area contributed by atoms with Crippen molar-refractivity contribution < 1.29 is 15.0 Å². The molecule has 0 aromatic heterocycles. The molecule has 1 aliphatic rings. The molecular weight excluding hydrogens is 228 g/mol. The van der Waals surface area contributed by atoms with Crippen molar-refractivity contribution in [1.29, 1.82) is 0 Å². The van der Waals surface area contributed by atoms with Gasteiger partial charge in [-0.15, -0.1) is 0 Å². The monoisotopic (exact) mass is 248 g/mol. The van der Waals surface area contributed by atoms with Crippen LogP contribution in [0.1, 0.15) is 50.8 Å². The number of aliphatic carboxylic acids is 1. The maximum absolute atomic E-state index is 11.2. The molecule has 2 rings (SSSR count). The number of carboxylic acids is 1. The van der Waals surface area contributed by atoms with Gasteiger partial charge in [0.1, 0.15) is 0 Å². The van der Waals surface area contributed by atoms with Crippen LogP contribution in [0.4, 0.5) is 0 Å². The zero-order valence-corrected chi connectivity index (χ0v) is 11.1. The Labute approximate surface area is 107 Å². The molecule has 1 fully saturated rings. The Morgan fingerprint density at radius 2 is 1.72 bits per heavy atom. The van der Waals surface area contributed by atoms with E-state index < -0.39 is 17.5 Å². The van der Waals surface area contributed by atoms with Crippen molar-refractivity contribution in [3.8, 4) is 0 Å². The van der Waals surface area contributed by atoms with E-state index in [1.165, 1.54) is 0 Å². The minimum atomic E-state index is -0.744. The topological polar surface area (TPSA) is 57.5 Å². The number of carboxylic acid groups (broad SMARTS) is 1. The van der Waals surface area contributed by atoms with E-state index in [4.69, 9.17) is 0 Å². The number of aliphatic hydroxyl groups is 1. The van der Waals surface area contributed by atoms with E-state index in [1.807, 2.05) is 45.0 Å². The smallest absolute Gasteiger partial charge is 0.314 e. The molecule has 0 radical (unpaired) electrons. The Hall–Kier alpha value is -1.35. The van der Waals surface area contributed by atoms with Crippen LogP contribution in [0.5, 0.6) is 0 Å². The first kappa shape index (κ1) is 13.1. The molecule has 1 saturated carbocycles. The summed E-state index contributed by atoms with van der Waals surface area (Å²) in [7, 11) is 0. The second kappa shape index (κ2) is 4.09. The summed E-state index contributed by atoms with van der Waals surface area (Å²) in [5.41, 5.74) is 0.809. The Balaban J connectivity index is 2.24. The third-order valence-corrected chi connectivity index (χ3v) is 3.76. The fraction of sp³-hybridized carbons (Fsp3) is 0.533. The lowest BCUT2D eigenvalue weighted by atomic mass is 9.84. The number of aliphatic hydroxyl groups excluding tert-OH is 1. The average Bonchev–Trinajstić information content (AvgIpc) is 3.08. The van der Waals surface area contributed by atoms with Crippen LogP contribution in [0.3, 0.4) is 0 Å². The van der Waals surface area contributed by atoms with Crippen LogP contribution < -0.4 is 0 Å². The lowest BCUT2D eigenvalue weighted by Gasteiger charge is -2.26. The summed E-state index contributed by atoms with van der Waals surface area (Å²) < 4.78 is 0. The maximum atomic E-state index is 11.2. The molecule has 98 valence electrons. The fourth-order valence-corrected chi connectivity index (χ4v) is 2.24. The molecule has 1 atom stereocenters. The van der Waals surface area contributed by atoms with Gasteiger partial charge in [-0.05, 0) is 29.4 Å². The Morgan fingerprint density at radius 3 is 2.06 bits per heavy atom. The Kier molecular flexibility index (Phi) is 2.98. The zero-order valence-electron chi connectivity index (χ0n) is 11.1. The van der Waals surface area contributed by atoms with Crippen LogP contribution in [0.25, 0.3) is 0 Å². The number of hydrogen-bond acceptors (Lipinski definition) is 2. The second-order valence-electron chi connectivity index (χ2n) is 6.28. The van der Waals surface area contributed by atoms with Crippen LogP contribution in [-0.4, -0.2) is 16.2 Å². The molecule has 0 saturated heterocycles. The molecule has 1 unspecified atom stereocenters. The molecule has 1 aromatic carbocycles. The lowest BCUT2D eigenvalue weighted by Crippen LogP contribution is -2.20. The second-order valence-corrected chi connectivity index (χ2v) is 6.28. The zero-order chi connectivity index (χ0) is 13.6. The van der Waals surface area contributed by atoms with Crippen LogP contribution >= 0.6 is 0 Å². The van der Waals surface area contributed by atoms with E-state index in [1.54, 1.807) is 0 Å². The van der Waals surface area contributed by atoms with Crippen LogP contribution in [0.15, 0.2) is 24.3 Å². The molecule has 3 heteroatoms. The SMILES string of the molecule is CC(C)(C)C(O)c1ccc(C2(C(=O)O)CC2)cc1. The predicted molar refractivity (Wildman–Crippen MR) is 69.4 cm³/mol. The molecule has 2 N–H and O–H groups in total. The summed E-state index contributed by atoms with van der Waals surface area (Å²) >= 11 is 0. The number of rotatable bonds is 3. The number of hydrogen-bond donors (Lipinski definition) is 2. The lowest BCUT2D eigenvalue weighted by molar-refractivity contribution is -0.140. The number of carbonyl (C=O) groups is 1. The average molecular weight is 248 g/mol. The molecular formula is C15H20O3. The third kappa shape index (κ3) is 2.15. The third-order valence-electron chi connectivity index (χ3n) is 3.76. The first-order valence-corrected chi connectivity index (χ1v) is 6.29. The minimum absolute atomic E-state index is 0.217. The molecule has 1 aliphatic carbocycles. The highest BCUT2D eigenvalue weighted by Crippen LogP contribution is 2.48. The summed E-state index contributed by atoms with van der Waals surface area (Å²) in [6.07, 6.45) is 0.888. The van der Waals surface area contributed by atoms with Crippen molar-refractivity contribution in [2.24, 2.45) is 5.41 Å². The van der Waals surface area contributed by atoms with Gasteiger partial charge >= 0.3 is 5.97 Å². The molecule has 18 heavy (non-hydrogen) atoms. The maximum Gasteiger partial charge on any atom is 0.314 e. The summed E-state index contributed by atoms with van der Waals surface area (Å²) in [4.78, 5) is 11.2. The molecule has 0 bridgehead atoms. The highest BCUT2D eigenvalue weighted by atomic mass is 16.4. The van der Waals surface area contributed by atoms with Gasteiger partial charge < -0.3 is 10.2 Å². The molecule has 0 heterocycles. The van der Waals surface area contributed by atoms with Gasteiger partial charge in [0, 0.05) is 0 Å². The van der Waals surface area contributed by atoms with Crippen molar-refractivity contribution in [2.75, 3.05) is 0 Å². The van der Waals surface area contributed by atoms with Crippen molar-refractivity contribution in [3.05, 3.63) is 35.4 Å². The highest BCUT2D eigenvalue weighted by Gasteiger charge is 2.51. The standard InChI is InChI=1S/C15H20O3/c1-14(2,3)12(16)10-4-6-11(7-5-10)15(8-9-15)13(17)18/h4-7,12,16H,8-9H2,1-3H3,(H,17,18). The van der Waals surface area contributed by atoms with Crippen molar-refractivity contribution >= 4 is 5.97 Å². The first-order chi connectivity index (χ1) is 8.27. The number of benzene rings is 1. The predicted octanol–water partition coefficient (Wildman–Crippen LogP) is 2.88. The summed E-state index contributed by atoms with van der Waals surface area (Å²) in [5, 5.41) is 19.4. The quantitative estimate of drug-likeness (QED) is 0.864. The molecule has 0 aliphatic heterocycles. The molecule has 1 aromatic rings. The summed E-state index contributed by atoms with van der Waals surface area (Å²) in [6, 6.07) is 7.36. The van der Waals surface area contributed by atoms with E-state index in [-0.39, 0.29) is 5.41 Å². The van der Waals surface area contributed by atoms with E-state index in [0.29, 0.717) is 12.8 Å². The van der Waals surface area contributed by atoms with E-state index in [9.17, 15) is 15.0 Å². The molecule has 0 amide bonds. The Bertz CT molecular complexity index is 450. The van der Waals surface area contributed by atoms with Crippen molar-refractivity contribution in [1.82, 2.24) is 0 Å². The Morgan fingerprint density at radius 1 is 1.22 bits per heavy atom. The van der Waals surface area contributed by atoms with Crippen molar-refractivity contribution in [3.63, 3.8) is 0 Å². The van der Waals surface area contributed by atoms with Crippen LogP contribution in [0, 0.1) is 5.41 Å². The van der Waals surface area contributed by atoms with Gasteiger partial charge in [0.15, 0.2) is 0 Å². The van der Waals surface area contributed by atoms with Gasteiger partial charge in [-0.3, -0.25) is 4.79 Å². The van der Waals surface area contributed by atoms with Crippen LogP contribution in [0.2, 0.25) is 0 Å².